The van der Waals surface area contributed by atoms with Crippen LogP contribution in [0.1, 0.15) is 65.7 Å². The first kappa shape index (κ1) is 23.9. The van der Waals surface area contributed by atoms with Gasteiger partial charge in [-0.2, -0.15) is 21.6 Å². The van der Waals surface area contributed by atoms with Crippen LogP contribution in [0, 0.1) is 34.0 Å². The lowest BCUT2D eigenvalue weighted by atomic mass is 9.41. The summed E-state index contributed by atoms with van der Waals surface area (Å²) in [5, 5.41) is 10.3. The van der Waals surface area contributed by atoms with Gasteiger partial charge in [0.1, 0.15) is 5.76 Å². The molecule has 1 aliphatic heterocycles. The molecule has 0 amide bonds. The van der Waals surface area contributed by atoms with Crippen LogP contribution >= 0.6 is 0 Å². The second-order valence-electron chi connectivity index (χ2n) is 11.4. The molecule has 4 fully saturated rings. The quantitative estimate of drug-likeness (QED) is 0.450. The fraction of sp³-hybridized carbons (Fsp3) is 0.913. The Morgan fingerprint density at radius 2 is 1.67 bits per heavy atom. The predicted octanol–water partition coefficient (Wildman–Crippen LogP) is 4.49. The van der Waals surface area contributed by atoms with Crippen LogP contribution in [0.15, 0.2) is 11.8 Å². The monoisotopic (exact) mass is 494 g/mol. The van der Waals surface area contributed by atoms with Crippen molar-refractivity contribution in [2.75, 3.05) is 13.2 Å². The Balaban J connectivity index is 1.63. The van der Waals surface area contributed by atoms with Gasteiger partial charge < -0.3 is 18.8 Å². The van der Waals surface area contributed by atoms with Gasteiger partial charge in [-0.1, -0.05) is 20.8 Å². The molecular formula is C23H33F3O6S. The first-order chi connectivity index (χ1) is 15.2. The van der Waals surface area contributed by atoms with Crippen LogP contribution in [0.25, 0.3) is 0 Å². The zero-order chi connectivity index (χ0) is 24.1. The van der Waals surface area contributed by atoms with Gasteiger partial charge >= 0.3 is 15.6 Å². The molecule has 5 aliphatic rings. The average molecular weight is 495 g/mol. The Morgan fingerprint density at radius 3 is 2.30 bits per heavy atom. The highest BCUT2D eigenvalue weighted by Crippen LogP contribution is 2.73. The third-order valence-electron chi connectivity index (χ3n) is 10.0. The van der Waals surface area contributed by atoms with Crippen molar-refractivity contribution in [2.45, 2.75) is 83.1 Å². The average Bonchev–Trinajstić information content (AvgIpc) is 3.29. The standard InChI is InChI=1S/C23H33F3O6S/c1-19-7-4-14(27)12-15(19)16(32-33(28,29)23(24,25)26)13-20(2)17(19)5-8-21(3)18(20)6-9-22(21)30-10-11-31-22/h13-15,17-18,27H,4-12H2,1-3H3/t14-,15+,17+,18-,19-,20+,21-/m0/s1. The van der Waals surface area contributed by atoms with Gasteiger partial charge in [-0.05, 0) is 67.3 Å². The lowest BCUT2D eigenvalue weighted by Gasteiger charge is -2.64. The maximum atomic E-state index is 13.3. The molecule has 0 radical (unpaired) electrons. The van der Waals surface area contributed by atoms with E-state index in [1.54, 1.807) is 6.08 Å². The van der Waals surface area contributed by atoms with E-state index in [4.69, 9.17) is 13.7 Å². The van der Waals surface area contributed by atoms with E-state index in [1.165, 1.54) is 0 Å². The maximum absolute atomic E-state index is 13.3. The molecule has 4 aliphatic carbocycles. The highest BCUT2D eigenvalue weighted by Gasteiger charge is 2.71. The van der Waals surface area contributed by atoms with E-state index in [9.17, 15) is 26.7 Å². The summed E-state index contributed by atoms with van der Waals surface area (Å²) >= 11 is 0. The number of alkyl halides is 3. The number of hydrogen-bond donors (Lipinski definition) is 1. The predicted molar refractivity (Wildman–Crippen MR) is 112 cm³/mol. The molecular weight excluding hydrogens is 461 g/mol. The van der Waals surface area contributed by atoms with Crippen LogP contribution in [-0.2, 0) is 23.8 Å². The molecule has 5 rings (SSSR count). The van der Waals surface area contributed by atoms with Gasteiger partial charge in [-0.25, -0.2) is 0 Å². The van der Waals surface area contributed by atoms with Crippen molar-refractivity contribution < 1.29 is 40.4 Å². The fourth-order valence-corrected chi connectivity index (χ4v) is 9.08. The van der Waals surface area contributed by atoms with Crippen LogP contribution in [0.5, 0.6) is 0 Å². The smallest absolute Gasteiger partial charge is 0.393 e. The first-order valence-corrected chi connectivity index (χ1v) is 13.3. The minimum absolute atomic E-state index is 0.0404. The van der Waals surface area contributed by atoms with Crippen LogP contribution in [0.2, 0.25) is 0 Å². The number of aliphatic hydroxyl groups excluding tert-OH is 1. The number of hydrogen-bond acceptors (Lipinski definition) is 6. The molecule has 0 aromatic heterocycles. The third kappa shape index (κ3) is 3.12. The Bertz CT molecular complexity index is 958. The summed E-state index contributed by atoms with van der Waals surface area (Å²) in [5.41, 5.74) is -6.92. The summed E-state index contributed by atoms with van der Waals surface area (Å²) in [6, 6.07) is 0. The molecule has 7 atom stereocenters. The number of fused-ring (bicyclic) bond motifs is 6. The Hall–Kier alpha value is -0.840. The molecule has 1 spiro atoms. The highest BCUT2D eigenvalue weighted by molar-refractivity contribution is 7.87. The maximum Gasteiger partial charge on any atom is 0.534 e. The highest BCUT2D eigenvalue weighted by atomic mass is 32.2. The second kappa shape index (κ2) is 7.11. The second-order valence-corrected chi connectivity index (χ2v) is 13.0. The van der Waals surface area contributed by atoms with Gasteiger partial charge in [0.15, 0.2) is 5.79 Å². The summed E-state index contributed by atoms with van der Waals surface area (Å²) in [7, 11) is -5.82. The zero-order valence-corrected chi connectivity index (χ0v) is 20.1. The molecule has 0 bridgehead atoms. The van der Waals surface area contributed by atoms with E-state index in [2.05, 4.69) is 6.92 Å². The molecule has 0 aromatic carbocycles. The van der Waals surface area contributed by atoms with Gasteiger partial charge in [-0.15, -0.1) is 0 Å². The van der Waals surface area contributed by atoms with Crippen LogP contribution in [0.3, 0.4) is 0 Å². The number of ether oxygens (including phenoxy) is 2. The summed E-state index contributed by atoms with van der Waals surface area (Å²) in [6.07, 6.45) is 5.50. The molecule has 0 aromatic rings. The van der Waals surface area contributed by atoms with Crippen molar-refractivity contribution in [3.63, 3.8) is 0 Å². The summed E-state index contributed by atoms with van der Waals surface area (Å²) in [6.45, 7) is 7.28. The molecule has 1 N–H and O–H groups in total. The molecule has 1 heterocycles. The first-order valence-electron chi connectivity index (χ1n) is 11.9. The zero-order valence-electron chi connectivity index (χ0n) is 19.3. The van der Waals surface area contributed by atoms with E-state index in [-0.39, 0.29) is 29.4 Å². The van der Waals surface area contributed by atoms with Crippen molar-refractivity contribution in [1.29, 1.82) is 0 Å². The number of allylic oxidation sites excluding steroid dienone is 2. The lowest BCUT2D eigenvalue weighted by Crippen LogP contribution is -2.60. The van der Waals surface area contributed by atoms with Crippen molar-refractivity contribution in [1.82, 2.24) is 0 Å². The molecule has 0 unspecified atom stereocenters. The summed E-state index contributed by atoms with van der Waals surface area (Å²) < 4.78 is 81.1. The molecule has 3 saturated carbocycles. The molecule has 188 valence electrons. The fourth-order valence-electron chi connectivity index (χ4n) is 8.57. The van der Waals surface area contributed by atoms with Gasteiger partial charge in [-0.3, -0.25) is 0 Å². The van der Waals surface area contributed by atoms with Crippen molar-refractivity contribution in [3.05, 3.63) is 11.8 Å². The van der Waals surface area contributed by atoms with Crippen molar-refractivity contribution in [3.8, 4) is 0 Å². The largest absolute Gasteiger partial charge is 0.534 e. The van der Waals surface area contributed by atoms with Gasteiger partial charge in [0.25, 0.3) is 0 Å². The van der Waals surface area contributed by atoms with Crippen LogP contribution in [0.4, 0.5) is 13.2 Å². The van der Waals surface area contributed by atoms with Gasteiger partial charge in [0, 0.05) is 17.8 Å². The Labute approximate surface area is 193 Å². The van der Waals surface area contributed by atoms with Crippen LogP contribution in [-0.4, -0.2) is 44.1 Å². The van der Waals surface area contributed by atoms with Gasteiger partial charge in [0.2, 0.25) is 0 Å². The number of aliphatic hydroxyl groups is 1. The molecule has 10 heteroatoms. The third-order valence-corrected chi connectivity index (χ3v) is 11.0. The normalized spacial score (nSPS) is 46.9. The van der Waals surface area contributed by atoms with E-state index < -0.39 is 44.3 Å². The summed E-state index contributed by atoms with van der Waals surface area (Å²) in [5.74, 6) is -1.28. The Kier molecular flexibility index (Phi) is 5.14. The minimum Gasteiger partial charge on any atom is -0.393 e. The van der Waals surface area contributed by atoms with E-state index in [1.807, 2.05) is 13.8 Å². The SMILES string of the molecule is C[C@@]12C=C(OS(=O)(=O)C(F)(F)F)[C@H]3C[C@@H](O)CC[C@]3(C)[C@H]1CC[C@@]1(C)[C@H]2CCC12OCCO2. The minimum atomic E-state index is -5.82. The Morgan fingerprint density at radius 1 is 1.03 bits per heavy atom. The number of halogens is 3. The molecule has 33 heavy (non-hydrogen) atoms. The van der Waals surface area contributed by atoms with Crippen molar-refractivity contribution in [2.24, 2.45) is 34.0 Å². The molecule has 6 nitrogen and oxygen atoms in total. The van der Waals surface area contributed by atoms with Crippen LogP contribution < -0.4 is 0 Å². The molecule has 1 saturated heterocycles. The van der Waals surface area contributed by atoms with E-state index >= 15 is 0 Å². The lowest BCUT2D eigenvalue weighted by molar-refractivity contribution is -0.252. The summed E-state index contributed by atoms with van der Waals surface area (Å²) in [4.78, 5) is 0. The van der Waals surface area contributed by atoms with E-state index in [0.29, 0.717) is 32.5 Å². The number of rotatable bonds is 2. The topological polar surface area (TPSA) is 82.1 Å². The van der Waals surface area contributed by atoms with E-state index in [0.717, 1.165) is 19.3 Å². The van der Waals surface area contributed by atoms with Crippen molar-refractivity contribution >= 4 is 10.1 Å². The van der Waals surface area contributed by atoms with Gasteiger partial charge in [0.05, 0.1) is 19.3 Å².